The van der Waals surface area contributed by atoms with E-state index in [0.29, 0.717) is 5.75 Å². The van der Waals surface area contributed by atoms with E-state index in [9.17, 15) is 9.59 Å². The minimum atomic E-state index is -0.459. The lowest BCUT2D eigenvalue weighted by molar-refractivity contribution is -0.122. The van der Waals surface area contributed by atoms with Gasteiger partial charge in [0, 0.05) is 6.04 Å². The smallest absolute Gasteiger partial charge is 0.321 e. The first-order chi connectivity index (χ1) is 10.1. The van der Waals surface area contributed by atoms with Gasteiger partial charge in [-0.15, -0.1) is 0 Å². The van der Waals surface area contributed by atoms with Gasteiger partial charge in [0.15, 0.2) is 6.61 Å². The first kappa shape index (κ1) is 15.8. The summed E-state index contributed by atoms with van der Waals surface area (Å²) in [6.07, 6.45) is 5.44. The van der Waals surface area contributed by atoms with Crippen LogP contribution < -0.4 is 15.4 Å². The van der Waals surface area contributed by atoms with Crippen LogP contribution in [0.1, 0.15) is 32.1 Å². The normalized spacial score (nSPS) is 15.3. The van der Waals surface area contributed by atoms with Gasteiger partial charge in [-0.3, -0.25) is 10.1 Å². The summed E-state index contributed by atoms with van der Waals surface area (Å²) in [4.78, 5) is 23.4. The number of nitrogens with one attached hydrogen (secondary N) is 2. The van der Waals surface area contributed by atoms with E-state index in [-0.39, 0.29) is 12.6 Å². The van der Waals surface area contributed by atoms with Crippen LogP contribution in [0.4, 0.5) is 4.79 Å². The molecule has 1 aromatic carbocycles. The van der Waals surface area contributed by atoms with E-state index >= 15 is 0 Å². The predicted octanol–water partition coefficient (Wildman–Crippen LogP) is 2.99. The van der Waals surface area contributed by atoms with Crippen molar-refractivity contribution in [3.05, 3.63) is 28.7 Å². The number of carbonyl (C=O) groups excluding carboxylic acids is 2. The van der Waals surface area contributed by atoms with Gasteiger partial charge in [-0.2, -0.15) is 0 Å². The highest BCUT2D eigenvalue weighted by Crippen LogP contribution is 2.23. The van der Waals surface area contributed by atoms with Gasteiger partial charge in [-0.05, 0) is 40.9 Å². The van der Waals surface area contributed by atoms with Crippen molar-refractivity contribution in [2.45, 2.75) is 38.1 Å². The fourth-order valence-electron chi connectivity index (χ4n) is 2.34. The number of urea groups is 1. The average molecular weight is 355 g/mol. The van der Waals surface area contributed by atoms with Crippen LogP contribution in [0.3, 0.4) is 0 Å². The van der Waals surface area contributed by atoms with Gasteiger partial charge in [0.2, 0.25) is 0 Å². The van der Waals surface area contributed by atoms with Gasteiger partial charge in [0.05, 0.1) is 4.47 Å². The Bertz CT molecular complexity index is 501. The molecule has 0 spiro atoms. The number of ether oxygens (including phenoxy) is 1. The van der Waals surface area contributed by atoms with E-state index in [1.165, 1.54) is 6.42 Å². The van der Waals surface area contributed by atoms with Gasteiger partial charge < -0.3 is 10.1 Å². The fraction of sp³-hybridized carbons (Fsp3) is 0.467. The highest BCUT2D eigenvalue weighted by atomic mass is 79.9. The van der Waals surface area contributed by atoms with Crippen LogP contribution >= 0.6 is 15.9 Å². The Morgan fingerprint density at radius 2 is 1.90 bits per heavy atom. The van der Waals surface area contributed by atoms with Gasteiger partial charge in [0.25, 0.3) is 5.91 Å². The molecule has 1 fully saturated rings. The Morgan fingerprint density at radius 1 is 1.19 bits per heavy atom. The number of rotatable bonds is 4. The molecule has 0 bridgehead atoms. The summed E-state index contributed by atoms with van der Waals surface area (Å²) in [6.45, 7) is -0.194. The van der Waals surface area contributed by atoms with E-state index < -0.39 is 11.9 Å². The van der Waals surface area contributed by atoms with Crippen molar-refractivity contribution in [2.75, 3.05) is 6.61 Å². The lowest BCUT2D eigenvalue weighted by Crippen LogP contribution is -2.46. The maximum absolute atomic E-state index is 11.7. The van der Waals surface area contributed by atoms with E-state index in [2.05, 4.69) is 26.6 Å². The lowest BCUT2D eigenvalue weighted by Gasteiger charge is -2.22. The molecule has 1 saturated carbocycles. The molecule has 2 N–H and O–H groups in total. The first-order valence-corrected chi connectivity index (χ1v) is 7.92. The van der Waals surface area contributed by atoms with Gasteiger partial charge in [0.1, 0.15) is 5.75 Å². The molecule has 1 aliphatic rings. The van der Waals surface area contributed by atoms with Crippen LogP contribution in [0.2, 0.25) is 0 Å². The van der Waals surface area contributed by atoms with E-state index in [0.717, 1.165) is 30.2 Å². The predicted molar refractivity (Wildman–Crippen MR) is 83.2 cm³/mol. The zero-order valence-electron chi connectivity index (χ0n) is 11.7. The average Bonchev–Trinajstić information content (AvgIpc) is 2.47. The summed E-state index contributed by atoms with van der Waals surface area (Å²) in [7, 11) is 0. The van der Waals surface area contributed by atoms with E-state index in [1.807, 2.05) is 18.2 Å². The maximum atomic E-state index is 11.7. The third kappa shape index (κ3) is 5.38. The molecule has 6 heteroatoms. The number of hydrogen-bond acceptors (Lipinski definition) is 3. The van der Waals surface area contributed by atoms with Crippen molar-refractivity contribution in [2.24, 2.45) is 0 Å². The van der Waals surface area contributed by atoms with Crippen molar-refractivity contribution in [1.29, 1.82) is 0 Å². The van der Waals surface area contributed by atoms with Crippen LogP contribution in [-0.4, -0.2) is 24.6 Å². The fourth-order valence-corrected chi connectivity index (χ4v) is 2.74. The summed E-state index contributed by atoms with van der Waals surface area (Å²) < 4.78 is 6.12. The second-order valence-corrected chi connectivity index (χ2v) is 5.93. The molecule has 0 aromatic heterocycles. The van der Waals surface area contributed by atoms with Crippen molar-refractivity contribution in [1.82, 2.24) is 10.6 Å². The largest absolute Gasteiger partial charge is 0.483 e. The molecule has 0 atom stereocenters. The van der Waals surface area contributed by atoms with Crippen LogP contribution in [-0.2, 0) is 4.79 Å². The van der Waals surface area contributed by atoms with Crippen molar-refractivity contribution < 1.29 is 14.3 Å². The van der Waals surface area contributed by atoms with Crippen LogP contribution in [0.5, 0.6) is 5.75 Å². The molecule has 1 aromatic rings. The van der Waals surface area contributed by atoms with Gasteiger partial charge in [-0.25, -0.2) is 4.79 Å². The second kappa shape index (κ2) is 8.02. The Labute approximate surface area is 132 Å². The van der Waals surface area contributed by atoms with Gasteiger partial charge >= 0.3 is 6.03 Å². The van der Waals surface area contributed by atoms with E-state index in [1.54, 1.807) is 6.07 Å². The van der Waals surface area contributed by atoms with Crippen molar-refractivity contribution >= 4 is 27.9 Å². The second-order valence-electron chi connectivity index (χ2n) is 5.08. The zero-order valence-corrected chi connectivity index (χ0v) is 13.3. The Balaban J connectivity index is 1.71. The third-order valence-electron chi connectivity index (χ3n) is 3.39. The lowest BCUT2D eigenvalue weighted by atomic mass is 9.96. The van der Waals surface area contributed by atoms with Crippen LogP contribution in [0, 0.1) is 0 Å². The summed E-state index contributed by atoms with van der Waals surface area (Å²) in [5.74, 6) is 0.111. The maximum Gasteiger partial charge on any atom is 0.321 e. The summed E-state index contributed by atoms with van der Waals surface area (Å²) in [6, 6.07) is 6.98. The Hall–Kier alpha value is -1.56. The molecule has 114 valence electrons. The zero-order chi connectivity index (χ0) is 15.1. The summed E-state index contributed by atoms with van der Waals surface area (Å²) >= 11 is 3.33. The molecule has 0 heterocycles. The quantitative estimate of drug-likeness (QED) is 0.873. The third-order valence-corrected chi connectivity index (χ3v) is 4.04. The number of para-hydroxylation sites is 1. The van der Waals surface area contributed by atoms with Crippen molar-refractivity contribution in [3.63, 3.8) is 0 Å². The minimum absolute atomic E-state index is 0.177. The molecular formula is C15H19BrN2O3. The number of hydrogen-bond donors (Lipinski definition) is 2. The topological polar surface area (TPSA) is 67.4 Å². The highest BCUT2D eigenvalue weighted by molar-refractivity contribution is 9.10. The van der Waals surface area contributed by atoms with Gasteiger partial charge in [-0.1, -0.05) is 31.4 Å². The number of amides is 3. The Morgan fingerprint density at radius 3 is 2.62 bits per heavy atom. The van der Waals surface area contributed by atoms with Crippen LogP contribution in [0.25, 0.3) is 0 Å². The number of benzene rings is 1. The minimum Gasteiger partial charge on any atom is -0.483 e. The molecule has 21 heavy (non-hydrogen) atoms. The van der Waals surface area contributed by atoms with E-state index in [4.69, 9.17) is 4.74 Å². The molecule has 0 saturated heterocycles. The highest BCUT2D eigenvalue weighted by Gasteiger charge is 2.17. The molecule has 0 unspecified atom stereocenters. The number of halogens is 1. The molecule has 0 radical (unpaired) electrons. The molecule has 5 nitrogen and oxygen atoms in total. The number of imide groups is 1. The molecule has 2 rings (SSSR count). The standard InChI is InChI=1S/C15H19BrN2O3/c16-12-8-4-5-9-13(12)21-10-14(19)18-15(20)17-11-6-2-1-3-7-11/h4-5,8-9,11H,1-3,6-7,10H2,(H2,17,18,19,20). The Kier molecular flexibility index (Phi) is 6.04. The molecule has 3 amide bonds. The molecular weight excluding hydrogens is 336 g/mol. The van der Waals surface area contributed by atoms with Crippen molar-refractivity contribution in [3.8, 4) is 5.75 Å². The SMILES string of the molecule is O=C(COc1ccccc1Br)NC(=O)NC1CCCCC1. The summed E-state index contributed by atoms with van der Waals surface area (Å²) in [5, 5.41) is 5.11. The molecule has 0 aliphatic heterocycles. The van der Waals surface area contributed by atoms with Crippen LogP contribution in [0.15, 0.2) is 28.7 Å². The summed E-state index contributed by atoms with van der Waals surface area (Å²) in [5.41, 5.74) is 0. The monoisotopic (exact) mass is 354 g/mol. The number of carbonyl (C=O) groups is 2. The first-order valence-electron chi connectivity index (χ1n) is 7.13. The molecule has 1 aliphatic carbocycles.